The second-order valence-electron chi connectivity index (χ2n) is 6.34. The fourth-order valence-corrected chi connectivity index (χ4v) is 4.12. The Morgan fingerprint density at radius 2 is 1.74 bits per heavy atom. The van der Waals surface area contributed by atoms with Gasteiger partial charge in [-0.15, -0.1) is 0 Å². The quantitative estimate of drug-likeness (QED) is 0.605. The molecule has 0 amide bonds. The van der Waals surface area contributed by atoms with E-state index in [0.29, 0.717) is 11.1 Å². The van der Waals surface area contributed by atoms with Gasteiger partial charge < -0.3 is 10.2 Å². The van der Waals surface area contributed by atoms with Gasteiger partial charge in [-0.2, -0.15) is 4.72 Å². The minimum absolute atomic E-state index is 0.00915. The molecule has 0 aliphatic rings. The molecule has 3 aromatic carbocycles. The molecule has 6 nitrogen and oxygen atoms in total. The van der Waals surface area contributed by atoms with Crippen LogP contribution in [-0.2, 0) is 21.2 Å². The molecule has 3 aromatic rings. The van der Waals surface area contributed by atoms with Crippen LogP contribution in [-0.4, -0.2) is 30.6 Å². The van der Waals surface area contributed by atoms with Crippen molar-refractivity contribution in [3.05, 3.63) is 71.8 Å². The lowest BCUT2D eigenvalue weighted by atomic mass is 10.0. The summed E-state index contributed by atoms with van der Waals surface area (Å²) in [6.45, 7) is 1.73. The van der Waals surface area contributed by atoms with Crippen molar-refractivity contribution in [2.45, 2.75) is 24.3 Å². The molecule has 0 saturated carbocycles. The third-order valence-corrected chi connectivity index (χ3v) is 5.85. The van der Waals surface area contributed by atoms with Crippen LogP contribution in [0.25, 0.3) is 10.8 Å². The van der Waals surface area contributed by atoms with Crippen LogP contribution in [0.1, 0.15) is 11.1 Å². The van der Waals surface area contributed by atoms with Crippen LogP contribution in [0.3, 0.4) is 0 Å². The molecular weight excluding hydrogens is 366 g/mol. The van der Waals surface area contributed by atoms with Gasteiger partial charge in [-0.1, -0.05) is 36.4 Å². The summed E-state index contributed by atoms with van der Waals surface area (Å²) in [6.07, 6.45) is -0.0335. The first-order valence-electron chi connectivity index (χ1n) is 8.29. The normalized spacial score (nSPS) is 12.8. The standard InChI is InChI=1S/C20H19NO5S/c1-13-10-17(22)8-6-15(13)12-19(20(23)24)21-27(25,26)18-9-7-14-4-2-3-5-16(14)11-18/h2-11,19,21-22H,12H2,1H3,(H,23,24)/t19-/m0/s1. The molecule has 27 heavy (non-hydrogen) atoms. The van der Waals surface area contributed by atoms with Gasteiger partial charge >= 0.3 is 5.97 Å². The maximum absolute atomic E-state index is 12.7. The lowest BCUT2D eigenvalue weighted by molar-refractivity contribution is -0.138. The topological polar surface area (TPSA) is 104 Å². The average Bonchev–Trinajstić information content (AvgIpc) is 2.62. The lowest BCUT2D eigenvalue weighted by Gasteiger charge is -2.16. The van der Waals surface area contributed by atoms with Gasteiger partial charge in [0.15, 0.2) is 0 Å². The number of benzene rings is 3. The number of hydrogen-bond donors (Lipinski definition) is 3. The predicted octanol–water partition coefficient (Wildman–Crippen LogP) is 2.83. The SMILES string of the molecule is Cc1cc(O)ccc1C[C@H](NS(=O)(=O)c1ccc2ccccc2c1)C(=O)O. The number of sulfonamides is 1. The number of rotatable bonds is 6. The van der Waals surface area contributed by atoms with Crippen molar-refractivity contribution in [1.29, 1.82) is 0 Å². The molecular formula is C20H19NO5S. The Labute approximate surface area is 157 Å². The zero-order valence-corrected chi connectivity index (χ0v) is 15.4. The molecule has 0 heterocycles. The highest BCUT2D eigenvalue weighted by molar-refractivity contribution is 7.89. The number of nitrogens with one attached hydrogen (secondary N) is 1. The molecule has 0 spiro atoms. The van der Waals surface area contributed by atoms with Gasteiger partial charge in [-0.05, 0) is 59.5 Å². The summed E-state index contributed by atoms with van der Waals surface area (Å²) in [5, 5.41) is 20.6. The van der Waals surface area contributed by atoms with Crippen molar-refractivity contribution in [3.63, 3.8) is 0 Å². The summed E-state index contributed by atoms with van der Waals surface area (Å²) >= 11 is 0. The van der Waals surface area contributed by atoms with Crippen LogP contribution in [0.15, 0.2) is 65.6 Å². The Morgan fingerprint density at radius 3 is 2.41 bits per heavy atom. The fourth-order valence-electron chi connectivity index (χ4n) is 2.90. The van der Waals surface area contributed by atoms with E-state index in [0.717, 1.165) is 10.8 Å². The number of carboxylic acid groups (broad SMARTS) is 1. The van der Waals surface area contributed by atoms with Crippen molar-refractivity contribution < 1.29 is 23.4 Å². The summed E-state index contributed by atoms with van der Waals surface area (Å²) in [5.41, 5.74) is 1.33. The summed E-state index contributed by atoms with van der Waals surface area (Å²) in [4.78, 5) is 11.6. The third kappa shape index (κ3) is 4.27. The molecule has 7 heteroatoms. The Morgan fingerprint density at radius 1 is 1.04 bits per heavy atom. The number of aryl methyl sites for hydroxylation is 1. The van der Waals surface area contributed by atoms with Crippen molar-refractivity contribution in [3.8, 4) is 5.75 Å². The van der Waals surface area contributed by atoms with E-state index in [-0.39, 0.29) is 17.1 Å². The molecule has 0 unspecified atom stereocenters. The molecule has 140 valence electrons. The van der Waals surface area contributed by atoms with Crippen LogP contribution >= 0.6 is 0 Å². The van der Waals surface area contributed by atoms with Gasteiger partial charge in [0.2, 0.25) is 10.0 Å². The molecule has 0 aliphatic heterocycles. The van der Waals surface area contributed by atoms with Gasteiger partial charge in [0.25, 0.3) is 0 Å². The van der Waals surface area contributed by atoms with Gasteiger partial charge in [0.1, 0.15) is 11.8 Å². The third-order valence-electron chi connectivity index (χ3n) is 4.38. The molecule has 0 saturated heterocycles. The summed E-state index contributed by atoms with van der Waals surface area (Å²) in [5.74, 6) is -1.20. The highest BCUT2D eigenvalue weighted by atomic mass is 32.2. The molecule has 3 N–H and O–H groups in total. The second kappa shape index (κ2) is 7.38. The molecule has 0 bridgehead atoms. The largest absolute Gasteiger partial charge is 0.508 e. The van der Waals surface area contributed by atoms with Gasteiger partial charge in [-0.3, -0.25) is 4.79 Å². The van der Waals surface area contributed by atoms with Crippen LogP contribution < -0.4 is 4.72 Å². The zero-order chi connectivity index (χ0) is 19.6. The lowest BCUT2D eigenvalue weighted by Crippen LogP contribution is -2.42. The number of fused-ring (bicyclic) bond motifs is 1. The van der Waals surface area contributed by atoms with E-state index in [2.05, 4.69) is 4.72 Å². The highest BCUT2D eigenvalue weighted by Crippen LogP contribution is 2.21. The number of phenolic OH excluding ortho intramolecular Hbond substituents is 1. The second-order valence-corrected chi connectivity index (χ2v) is 8.05. The highest BCUT2D eigenvalue weighted by Gasteiger charge is 2.26. The zero-order valence-electron chi connectivity index (χ0n) is 14.6. The maximum atomic E-state index is 12.7. The molecule has 0 aromatic heterocycles. The van der Waals surface area contributed by atoms with Crippen LogP contribution in [0.5, 0.6) is 5.75 Å². The number of hydrogen-bond acceptors (Lipinski definition) is 4. The monoisotopic (exact) mass is 385 g/mol. The number of carbonyl (C=O) groups is 1. The Hall–Kier alpha value is -2.90. The van der Waals surface area contributed by atoms with E-state index in [1.54, 1.807) is 31.2 Å². The van der Waals surface area contributed by atoms with Gasteiger partial charge in [0.05, 0.1) is 4.90 Å². The van der Waals surface area contributed by atoms with Gasteiger partial charge in [0, 0.05) is 0 Å². The Balaban J connectivity index is 1.89. The molecule has 0 fully saturated rings. The smallest absolute Gasteiger partial charge is 0.322 e. The summed E-state index contributed by atoms with van der Waals surface area (Å²) in [7, 11) is -4.02. The van der Waals surface area contributed by atoms with Gasteiger partial charge in [-0.25, -0.2) is 8.42 Å². The van der Waals surface area contributed by atoms with Crippen molar-refractivity contribution in [1.82, 2.24) is 4.72 Å². The van der Waals surface area contributed by atoms with E-state index in [1.165, 1.54) is 24.3 Å². The van der Waals surface area contributed by atoms with Crippen LogP contribution in [0.2, 0.25) is 0 Å². The van der Waals surface area contributed by atoms with Crippen molar-refractivity contribution in [2.75, 3.05) is 0 Å². The van der Waals surface area contributed by atoms with Crippen LogP contribution in [0.4, 0.5) is 0 Å². The maximum Gasteiger partial charge on any atom is 0.322 e. The van der Waals surface area contributed by atoms with Crippen molar-refractivity contribution in [2.24, 2.45) is 0 Å². The first-order valence-corrected chi connectivity index (χ1v) is 9.77. The van der Waals surface area contributed by atoms with E-state index >= 15 is 0 Å². The number of carboxylic acids is 1. The number of phenols is 1. The van der Waals surface area contributed by atoms with E-state index in [4.69, 9.17) is 0 Å². The Bertz CT molecular complexity index is 1110. The van der Waals surface area contributed by atoms with Crippen LogP contribution in [0, 0.1) is 6.92 Å². The van der Waals surface area contributed by atoms with E-state index in [1.807, 2.05) is 12.1 Å². The Kier molecular flexibility index (Phi) is 5.16. The first kappa shape index (κ1) is 18.9. The van der Waals surface area contributed by atoms with E-state index in [9.17, 15) is 23.4 Å². The minimum atomic E-state index is -4.02. The first-order chi connectivity index (χ1) is 12.8. The molecule has 1 atom stereocenters. The number of aromatic hydroxyl groups is 1. The predicted molar refractivity (Wildman–Crippen MR) is 102 cm³/mol. The summed E-state index contributed by atoms with van der Waals surface area (Å²) < 4.78 is 27.7. The van der Waals surface area contributed by atoms with E-state index < -0.39 is 22.0 Å². The molecule has 3 rings (SSSR count). The molecule has 0 radical (unpaired) electrons. The average molecular weight is 385 g/mol. The molecule has 0 aliphatic carbocycles. The summed E-state index contributed by atoms with van der Waals surface area (Å²) in [6, 6.07) is 15.2. The minimum Gasteiger partial charge on any atom is -0.508 e. The number of aliphatic carboxylic acids is 1. The van der Waals surface area contributed by atoms with Crippen molar-refractivity contribution >= 4 is 26.8 Å². The fraction of sp³-hybridized carbons (Fsp3) is 0.150.